The van der Waals surface area contributed by atoms with Gasteiger partial charge in [0.2, 0.25) is 0 Å². The van der Waals surface area contributed by atoms with Crippen LogP contribution in [0.15, 0.2) is 0 Å². The van der Waals surface area contributed by atoms with Crippen LogP contribution in [0.2, 0.25) is 0 Å². The maximum Gasteiger partial charge on any atom is 0.0702 e. The van der Waals surface area contributed by atoms with Gasteiger partial charge in [0.05, 0.1) is 18.1 Å². The lowest BCUT2D eigenvalue weighted by Gasteiger charge is -2.39. The largest absolute Gasteiger partial charge is 0.377 e. The number of ether oxygens (including phenoxy) is 1. The molecule has 0 aromatic rings. The molecule has 4 atom stereocenters. The summed E-state index contributed by atoms with van der Waals surface area (Å²) in [6.07, 6.45) is 6.26. The zero-order valence-corrected chi connectivity index (χ0v) is 11.8. The van der Waals surface area contributed by atoms with Crippen molar-refractivity contribution in [1.82, 2.24) is 4.90 Å². The highest BCUT2D eigenvalue weighted by molar-refractivity contribution is 4.97. The molecule has 102 valence electrons. The Morgan fingerprint density at radius 3 is 2.78 bits per heavy atom. The highest BCUT2D eigenvalue weighted by Crippen LogP contribution is 2.32. The molecule has 1 heterocycles. The first-order valence-corrected chi connectivity index (χ1v) is 7.49. The monoisotopic (exact) mass is 250 g/mol. The van der Waals surface area contributed by atoms with E-state index in [0.29, 0.717) is 12.1 Å². The average molecular weight is 250 g/mol. The molecule has 1 aliphatic carbocycles. The molecule has 0 N–H and O–H groups in total. The number of likely N-dealkylation sites (N-methyl/N-ethyl adjacent to an activating group) is 1. The molecule has 3 nitrogen and oxygen atoms in total. The van der Waals surface area contributed by atoms with E-state index in [1.807, 2.05) is 0 Å². The summed E-state index contributed by atoms with van der Waals surface area (Å²) in [5, 5.41) is 9.35. The van der Waals surface area contributed by atoms with Crippen LogP contribution >= 0.6 is 0 Å². The van der Waals surface area contributed by atoms with E-state index in [1.54, 1.807) is 0 Å². The molecule has 4 unspecified atom stereocenters. The molecule has 1 saturated carbocycles. The summed E-state index contributed by atoms with van der Waals surface area (Å²) in [5.74, 6) is 0.987. The zero-order valence-electron chi connectivity index (χ0n) is 11.8. The van der Waals surface area contributed by atoms with Crippen LogP contribution in [0.1, 0.15) is 46.0 Å². The van der Waals surface area contributed by atoms with Crippen LogP contribution < -0.4 is 0 Å². The summed E-state index contributed by atoms with van der Waals surface area (Å²) >= 11 is 0. The van der Waals surface area contributed by atoms with E-state index in [-0.39, 0.29) is 5.92 Å². The Labute approximate surface area is 111 Å². The zero-order chi connectivity index (χ0) is 13.0. The maximum absolute atomic E-state index is 9.35. The van der Waals surface area contributed by atoms with Crippen molar-refractivity contribution in [2.24, 2.45) is 11.8 Å². The van der Waals surface area contributed by atoms with Gasteiger partial charge < -0.3 is 4.74 Å². The Kier molecular flexibility index (Phi) is 5.03. The van der Waals surface area contributed by atoms with E-state index in [9.17, 15) is 5.26 Å². The van der Waals surface area contributed by atoms with Gasteiger partial charge in [-0.2, -0.15) is 5.26 Å². The van der Waals surface area contributed by atoms with Gasteiger partial charge in [-0.25, -0.2) is 0 Å². The summed E-state index contributed by atoms with van der Waals surface area (Å²) in [4.78, 5) is 2.50. The van der Waals surface area contributed by atoms with Gasteiger partial charge >= 0.3 is 0 Å². The van der Waals surface area contributed by atoms with E-state index in [0.717, 1.165) is 32.0 Å². The third kappa shape index (κ3) is 3.24. The molecule has 2 rings (SSSR count). The molecule has 2 fully saturated rings. The fourth-order valence-corrected chi connectivity index (χ4v) is 3.45. The molecule has 3 heteroatoms. The van der Waals surface area contributed by atoms with Gasteiger partial charge in [0.15, 0.2) is 0 Å². The lowest BCUT2D eigenvalue weighted by Crippen LogP contribution is -2.46. The summed E-state index contributed by atoms with van der Waals surface area (Å²) in [6.45, 7) is 7.51. The van der Waals surface area contributed by atoms with Gasteiger partial charge in [-0.3, -0.25) is 4.90 Å². The van der Waals surface area contributed by atoms with Crippen molar-refractivity contribution < 1.29 is 4.74 Å². The molecule has 0 radical (unpaired) electrons. The quantitative estimate of drug-likeness (QED) is 0.770. The molecule has 1 aliphatic heterocycles. The van der Waals surface area contributed by atoms with Crippen LogP contribution in [0.5, 0.6) is 0 Å². The molecule has 0 spiro atoms. The second-order valence-electron chi connectivity index (χ2n) is 5.94. The van der Waals surface area contributed by atoms with E-state index in [2.05, 4.69) is 24.8 Å². The molecular weight excluding hydrogens is 224 g/mol. The predicted octanol–water partition coefficient (Wildman–Crippen LogP) is 2.82. The van der Waals surface area contributed by atoms with Crippen molar-refractivity contribution in [3.8, 4) is 6.07 Å². The Morgan fingerprint density at radius 2 is 2.17 bits per heavy atom. The Bertz CT molecular complexity index is 293. The second kappa shape index (κ2) is 6.54. The predicted molar refractivity (Wildman–Crippen MR) is 72.1 cm³/mol. The number of nitriles is 1. The molecule has 0 aromatic carbocycles. The first kappa shape index (κ1) is 13.8. The molecular formula is C15H26N2O. The lowest BCUT2D eigenvalue weighted by atomic mass is 9.79. The van der Waals surface area contributed by atoms with E-state index < -0.39 is 0 Å². The van der Waals surface area contributed by atoms with E-state index in [4.69, 9.17) is 4.74 Å². The fourth-order valence-electron chi connectivity index (χ4n) is 3.45. The van der Waals surface area contributed by atoms with Gasteiger partial charge in [0, 0.05) is 19.2 Å². The lowest BCUT2D eigenvalue weighted by molar-refractivity contribution is 0.0357. The normalized spacial score (nSPS) is 36.8. The van der Waals surface area contributed by atoms with Crippen molar-refractivity contribution >= 4 is 0 Å². The van der Waals surface area contributed by atoms with Gasteiger partial charge in [-0.1, -0.05) is 13.8 Å². The second-order valence-corrected chi connectivity index (χ2v) is 5.94. The number of hydrogen-bond acceptors (Lipinski definition) is 3. The molecule has 0 aromatic heterocycles. The Balaban J connectivity index is 1.97. The van der Waals surface area contributed by atoms with Crippen LogP contribution in [0.25, 0.3) is 0 Å². The van der Waals surface area contributed by atoms with Crippen molar-refractivity contribution in [3.63, 3.8) is 0 Å². The molecule has 0 amide bonds. The van der Waals surface area contributed by atoms with Crippen LogP contribution in [-0.4, -0.2) is 36.7 Å². The number of hydrogen-bond donors (Lipinski definition) is 0. The highest BCUT2D eigenvalue weighted by atomic mass is 16.5. The smallest absolute Gasteiger partial charge is 0.0702 e. The molecule has 18 heavy (non-hydrogen) atoms. The topological polar surface area (TPSA) is 36.3 Å². The van der Waals surface area contributed by atoms with Crippen molar-refractivity contribution in [2.45, 2.75) is 58.1 Å². The summed E-state index contributed by atoms with van der Waals surface area (Å²) in [7, 11) is 0. The summed E-state index contributed by atoms with van der Waals surface area (Å²) in [6, 6.07) is 2.98. The third-order valence-corrected chi connectivity index (χ3v) is 4.58. The first-order chi connectivity index (χ1) is 8.74. The SMILES string of the molecule is CCN(CC1CCCO1)C1CC(C)CCC1C#N. The third-order valence-electron chi connectivity index (χ3n) is 4.58. The molecule has 1 saturated heterocycles. The fraction of sp³-hybridized carbons (Fsp3) is 0.933. The van der Waals surface area contributed by atoms with Gasteiger partial charge in [-0.05, 0) is 44.6 Å². The number of rotatable bonds is 4. The maximum atomic E-state index is 9.35. The minimum absolute atomic E-state index is 0.225. The van der Waals surface area contributed by atoms with Crippen LogP contribution in [0, 0.1) is 23.2 Å². The Morgan fingerprint density at radius 1 is 1.33 bits per heavy atom. The standard InChI is InChI=1S/C15H26N2O/c1-3-17(11-14-5-4-8-18-14)15-9-12(2)6-7-13(15)10-16/h12-15H,3-9,11H2,1-2H3. The van der Waals surface area contributed by atoms with E-state index in [1.165, 1.54) is 25.7 Å². The number of nitrogens with zero attached hydrogens (tertiary/aromatic N) is 2. The summed E-state index contributed by atoms with van der Waals surface area (Å²) in [5.41, 5.74) is 0. The summed E-state index contributed by atoms with van der Waals surface area (Å²) < 4.78 is 5.75. The van der Waals surface area contributed by atoms with Crippen molar-refractivity contribution in [3.05, 3.63) is 0 Å². The van der Waals surface area contributed by atoms with E-state index >= 15 is 0 Å². The minimum atomic E-state index is 0.225. The van der Waals surface area contributed by atoms with Gasteiger partial charge in [0.25, 0.3) is 0 Å². The average Bonchev–Trinajstić information content (AvgIpc) is 2.88. The highest BCUT2D eigenvalue weighted by Gasteiger charge is 2.33. The molecule has 0 bridgehead atoms. The van der Waals surface area contributed by atoms with Crippen molar-refractivity contribution in [1.29, 1.82) is 5.26 Å². The molecule has 2 aliphatic rings. The van der Waals surface area contributed by atoms with Crippen LogP contribution in [0.3, 0.4) is 0 Å². The van der Waals surface area contributed by atoms with Crippen LogP contribution in [0.4, 0.5) is 0 Å². The minimum Gasteiger partial charge on any atom is -0.377 e. The van der Waals surface area contributed by atoms with Gasteiger partial charge in [-0.15, -0.1) is 0 Å². The first-order valence-electron chi connectivity index (χ1n) is 7.49. The Hall–Kier alpha value is -0.590. The van der Waals surface area contributed by atoms with Crippen molar-refractivity contribution in [2.75, 3.05) is 19.7 Å². The van der Waals surface area contributed by atoms with Crippen LogP contribution in [-0.2, 0) is 4.74 Å². The van der Waals surface area contributed by atoms with Gasteiger partial charge in [0.1, 0.15) is 0 Å².